The number of aromatic amines is 1. The molecule has 0 aliphatic rings. The van der Waals surface area contributed by atoms with Gasteiger partial charge in [-0.25, -0.2) is 4.98 Å². The third kappa shape index (κ3) is 3.03. The van der Waals surface area contributed by atoms with E-state index in [0.717, 1.165) is 11.5 Å². The zero-order valence-electron chi connectivity index (χ0n) is 10.6. The van der Waals surface area contributed by atoms with Crippen LogP contribution < -0.4 is 0 Å². The van der Waals surface area contributed by atoms with E-state index in [4.69, 9.17) is 4.52 Å². The largest absolute Gasteiger partial charge is 0.353 e. The first-order valence-corrected chi connectivity index (χ1v) is 7.62. The molecular weight excluding hydrogens is 458 g/mol. The fourth-order valence-electron chi connectivity index (χ4n) is 1.30. The van der Waals surface area contributed by atoms with Gasteiger partial charge < -0.3 is 4.52 Å². The van der Waals surface area contributed by atoms with Crippen molar-refractivity contribution in [3.63, 3.8) is 0 Å². The van der Waals surface area contributed by atoms with E-state index in [0.29, 0.717) is 11.6 Å². The van der Waals surface area contributed by atoms with Gasteiger partial charge in [-0.05, 0) is 6.92 Å². The Bertz CT molecular complexity index is 498. The fraction of sp³-hybridized carbons (Fsp3) is 0.545. The molecule has 0 spiro atoms. The van der Waals surface area contributed by atoms with Crippen molar-refractivity contribution in [2.75, 3.05) is 0 Å². The molecule has 0 aromatic carbocycles. The summed E-state index contributed by atoms with van der Waals surface area (Å²) in [6.07, 6.45) is 0. The summed E-state index contributed by atoms with van der Waals surface area (Å²) in [7, 11) is 0. The van der Waals surface area contributed by atoms with Crippen LogP contribution in [-0.2, 0) is 6.84 Å². The quantitative estimate of drug-likeness (QED) is 0.534. The molecular formula is C11H14I2N4O. The molecule has 18 heavy (non-hydrogen) atoms. The standard InChI is InChI=1S/C11H14I2N4O/c1-10(2,3)7-5-6(18-17-7)8-14-9(16-15-8)11(4,12)13/h5H,1-4H3,(H,14,15,16). The molecule has 0 saturated heterocycles. The summed E-state index contributed by atoms with van der Waals surface area (Å²) >= 11 is 4.60. The minimum absolute atomic E-state index is 0.0398. The van der Waals surface area contributed by atoms with Crippen LogP contribution in [0.3, 0.4) is 0 Å². The monoisotopic (exact) mass is 472 g/mol. The van der Waals surface area contributed by atoms with Crippen LogP contribution >= 0.6 is 45.2 Å². The SMILES string of the molecule is CC(C)(C)c1cc(-c2n[nH]c(C(C)(I)I)n2)on1. The molecule has 0 unspecified atom stereocenters. The average molecular weight is 472 g/mol. The van der Waals surface area contributed by atoms with Gasteiger partial charge in [0.05, 0.1) is 5.69 Å². The number of hydrogen-bond acceptors (Lipinski definition) is 4. The van der Waals surface area contributed by atoms with Gasteiger partial charge in [0.1, 0.15) is 1.43 Å². The Kier molecular flexibility index (Phi) is 3.74. The van der Waals surface area contributed by atoms with Crippen LogP contribution in [0.4, 0.5) is 0 Å². The molecule has 0 radical (unpaired) electrons. The maximum atomic E-state index is 5.30. The van der Waals surface area contributed by atoms with Crippen LogP contribution in [0.25, 0.3) is 11.6 Å². The first-order valence-electron chi connectivity index (χ1n) is 5.46. The highest BCUT2D eigenvalue weighted by Gasteiger charge is 2.25. The minimum atomic E-state index is -0.117. The summed E-state index contributed by atoms with van der Waals surface area (Å²) in [5.74, 6) is 1.96. The Labute approximate surface area is 133 Å². The van der Waals surface area contributed by atoms with E-state index in [-0.39, 0.29) is 6.84 Å². The van der Waals surface area contributed by atoms with E-state index >= 15 is 0 Å². The van der Waals surface area contributed by atoms with Crippen molar-refractivity contribution in [3.05, 3.63) is 17.6 Å². The second-order valence-corrected chi connectivity index (χ2v) is 11.6. The number of halogens is 2. The van der Waals surface area contributed by atoms with E-state index in [1.54, 1.807) is 0 Å². The highest BCUT2D eigenvalue weighted by atomic mass is 127. The predicted octanol–water partition coefficient (Wildman–Crippen LogP) is 3.80. The lowest BCUT2D eigenvalue weighted by molar-refractivity contribution is 0.400. The van der Waals surface area contributed by atoms with Crippen LogP contribution in [-0.4, -0.2) is 20.3 Å². The summed E-state index contributed by atoms with van der Waals surface area (Å²) in [6.45, 7) is 8.32. The number of nitrogens with one attached hydrogen (secondary N) is 1. The van der Waals surface area contributed by atoms with Crippen molar-refractivity contribution < 1.29 is 4.52 Å². The second-order valence-electron chi connectivity index (χ2n) is 5.22. The van der Waals surface area contributed by atoms with E-state index in [2.05, 4.69) is 93.2 Å². The Morgan fingerprint density at radius 3 is 2.33 bits per heavy atom. The average Bonchev–Trinajstić information content (AvgIpc) is 2.84. The van der Waals surface area contributed by atoms with Crippen molar-refractivity contribution in [2.24, 2.45) is 0 Å². The van der Waals surface area contributed by atoms with E-state index in [1.165, 1.54) is 0 Å². The highest BCUT2D eigenvalue weighted by molar-refractivity contribution is 14.2. The molecule has 2 rings (SSSR count). The zero-order valence-corrected chi connectivity index (χ0v) is 14.9. The summed E-state index contributed by atoms with van der Waals surface area (Å²) in [5.41, 5.74) is 0.859. The van der Waals surface area contributed by atoms with Gasteiger partial charge in [0.15, 0.2) is 5.82 Å². The van der Waals surface area contributed by atoms with Crippen LogP contribution in [0.15, 0.2) is 10.6 Å². The molecule has 0 atom stereocenters. The number of alkyl halides is 2. The normalized spacial score (nSPS) is 13.0. The third-order valence-electron chi connectivity index (χ3n) is 2.40. The molecule has 7 heteroatoms. The maximum absolute atomic E-state index is 5.30. The summed E-state index contributed by atoms with van der Waals surface area (Å²) in [4.78, 5) is 4.43. The van der Waals surface area contributed by atoms with Crippen LogP contribution in [0.5, 0.6) is 0 Å². The molecule has 0 fully saturated rings. The van der Waals surface area contributed by atoms with E-state index in [9.17, 15) is 0 Å². The lowest BCUT2D eigenvalue weighted by Crippen LogP contribution is -2.10. The van der Waals surface area contributed by atoms with Crippen molar-refractivity contribution in [3.8, 4) is 11.6 Å². The Balaban J connectivity index is 2.33. The van der Waals surface area contributed by atoms with E-state index in [1.807, 2.05) is 6.07 Å². The van der Waals surface area contributed by atoms with Gasteiger partial charge in [-0.3, -0.25) is 5.10 Å². The van der Waals surface area contributed by atoms with Crippen LogP contribution in [0.2, 0.25) is 0 Å². The minimum Gasteiger partial charge on any atom is -0.353 e. The first-order chi connectivity index (χ1) is 8.18. The van der Waals surface area contributed by atoms with Gasteiger partial charge in [0.25, 0.3) is 0 Å². The number of hydrogen-bond donors (Lipinski definition) is 1. The summed E-state index contributed by atoms with van der Waals surface area (Å²) in [5, 5.41) is 11.2. The maximum Gasteiger partial charge on any atom is 0.219 e. The van der Waals surface area contributed by atoms with Crippen molar-refractivity contribution in [1.29, 1.82) is 0 Å². The highest BCUT2D eigenvalue weighted by Crippen LogP contribution is 2.37. The second kappa shape index (κ2) is 4.73. The molecule has 98 valence electrons. The van der Waals surface area contributed by atoms with Gasteiger partial charge in [0.2, 0.25) is 11.6 Å². The molecule has 2 aromatic heterocycles. The smallest absolute Gasteiger partial charge is 0.219 e. The molecule has 1 N–H and O–H groups in total. The van der Waals surface area contributed by atoms with Gasteiger partial charge in [-0.2, -0.15) is 0 Å². The van der Waals surface area contributed by atoms with Gasteiger partial charge in [-0.15, -0.1) is 5.10 Å². The number of rotatable bonds is 2. The topological polar surface area (TPSA) is 67.6 Å². The van der Waals surface area contributed by atoms with Crippen molar-refractivity contribution in [2.45, 2.75) is 34.5 Å². The predicted molar refractivity (Wildman–Crippen MR) is 86.0 cm³/mol. The zero-order chi connectivity index (χ0) is 13.6. The first kappa shape index (κ1) is 14.2. The molecule has 0 amide bonds. The lowest BCUT2D eigenvalue weighted by atomic mass is 9.92. The van der Waals surface area contributed by atoms with Crippen molar-refractivity contribution >= 4 is 45.2 Å². The molecule has 0 aliphatic carbocycles. The van der Waals surface area contributed by atoms with Crippen LogP contribution in [0.1, 0.15) is 39.2 Å². The lowest BCUT2D eigenvalue weighted by Gasteiger charge is -2.12. The Morgan fingerprint density at radius 2 is 1.89 bits per heavy atom. The van der Waals surface area contributed by atoms with Crippen LogP contribution in [0, 0.1) is 0 Å². The molecule has 0 aliphatic heterocycles. The number of aromatic nitrogens is 4. The molecule has 2 aromatic rings. The van der Waals surface area contributed by atoms with Gasteiger partial charge >= 0.3 is 0 Å². The Hall–Kier alpha value is -0.190. The third-order valence-corrected chi connectivity index (χ3v) is 3.42. The van der Waals surface area contributed by atoms with Gasteiger partial charge in [0, 0.05) is 11.5 Å². The molecule has 2 heterocycles. The molecule has 0 saturated carbocycles. The summed E-state index contributed by atoms with van der Waals surface area (Å²) < 4.78 is 5.19. The number of H-pyrrole nitrogens is 1. The number of nitrogens with zero attached hydrogens (tertiary/aromatic N) is 3. The van der Waals surface area contributed by atoms with Crippen molar-refractivity contribution in [1.82, 2.24) is 20.3 Å². The summed E-state index contributed by atoms with van der Waals surface area (Å²) in [6, 6.07) is 1.89. The molecule has 5 nitrogen and oxygen atoms in total. The molecule has 0 bridgehead atoms. The fourth-order valence-corrected chi connectivity index (χ4v) is 1.78. The van der Waals surface area contributed by atoms with Gasteiger partial charge in [-0.1, -0.05) is 71.1 Å². The van der Waals surface area contributed by atoms with E-state index < -0.39 is 0 Å². The Morgan fingerprint density at radius 1 is 1.22 bits per heavy atom.